The van der Waals surface area contributed by atoms with Crippen LogP contribution in [0.4, 0.5) is 5.82 Å². The zero-order chi connectivity index (χ0) is 21.8. The van der Waals surface area contributed by atoms with Crippen LogP contribution in [0.3, 0.4) is 0 Å². The van der Waals surface area contributed by atoms with Crippen molar-refractivity contribution in [2.75, 3.05) is 18.4 Å². The third kappa shape index (κ3) is 4.97. The monoisotopic (exact) mass is 436 g/mol. The van der Waals surface area contributed by atoms with E-state index in [2.05, 4.69) is 5.32 Å². The molecule has 7 heteroatoms. The van der Waals surface area contributed by atoms with Crippen LogP contribution in [0.2, 0.25) is 5.02 Å². The lowest BCUT2D eigenvalue weighted by Gasteiger charge is -2.21. The fourth-order valence-electron chi connectivity index (χ4n) is 3.51. The summed E-state index contributed by atoms with van der Waals surface area (Å²) >= 11 is 6.41. The molecule has 31 heavy (non-hydrogen) atoms. The molecule has 1 saturated carbocycles. The van der Waals surface area contributed by atoms with Crippen LogP contribution in [-0.4, -0.2) is 39.6 Å². The third-order valence-electron chi connectivity index (χ3n) is 5.19. The van der Waals surface area contributed by atoms with Crippen LogP contribution >= 0.6 is 11.6 Å². The van der Waals surface area contributed by atoms with Crippen molar-refractivity contribution in [2.24, 2.45) is 5.92 Å². The van der Waals surface area contributed by atoms with Crippen molar-refractivity contribution in [1.29, 1.82) is 0 Å². The van der Waals surface area contributed by atoms with Gasteiger partial charge in [0.2, 0.25) is 11.8 Å². The van der Waals surface area contributed by atoms with Gasteiger partial charge in [-0.25, -0.2) is 4.68 Å². The first kappa shape index (κ1) is 21.1. The molecule has 1 heterocycles. The van der Waals surface area contributed by atoms with Gasteiger partial charge in [-0.15, -0.1) is 0 Å². The molecule has 3 aromatic rings. The SMILES string of the molecule is CCCN(CC(=O)Nc1cc(-c2ccccc2)nn1-c1ccccc1Cl)C(=O)C1CC1. The predicted molar refractivity (Wildman–Crippen MR) is 122 cm³/mol. The van der Waals surface area contributed by atoms with Crippen LogP contribution in [-0.2, 0) is 9.59 Å². The summed E-state index contributed by atoms with van der Waals surface area (Å²) < 4.78 is 1.63. The Bertz CT molecular complexity index is 1080. The zero-order valence-electron chi connectivity index (χ0n) is 17.4. The molecule has 6 nitrogen and oxygen atoms in total. The number of nitrogens with zero attached hydrogens (tertiary/aromatic N) is 3. The predicted octanol–water partition coefficient (Wildman–Crippen LogP) is 4.78. The molecule has 2 aromatic carbocycles. The minimum Gasteiger partial charge on any atom is -0.333 e. The standard InChI is InChI=1S/C24H25ClN4O2/c1-2-14-28(24(31)18-12-13-18)16-23(30)26-22-15-20(17-8-4-3-5-9-17)27-29(22)21-11-7-6-10-19(21)25/h3-11,15,18H,2,12-14,16H2,1H3,(H,26,30). The number of aromatic nitrogens is 2. The molecule has 0 unspecified atom stereocenters. The number of amides is 2. The second-order valence-electron chi connectivity index (χ2n) is 7.73. The highest BCUT2D eigenvalue weighted by molar-refractivity contribution is 6.32. The quantitative estimate of drug-likeness (QED) is 0.552. The number of benzene rings is 2. The van der Waals surface area contributed by atoms with Gasteiger partial charge in [0.25, 0.3) is 0 Å². The summed E-state index contributed by atoms with van der Waals surface area (Å²) in [5.74, 6) is 0.404. The largest absolute Gasteiger partial charge is 0.333 e. The Morgan fingerprint density at radius 3 is 2.52 bits per heavy atom. The molecule has 0 radical (unpaired) electrons. The molecule has 0 saturated heterocycles. The molecular formula is C24H25ClN4O2. The van der Waals surface area contributed by atoms with Gasteiger partial charge >= 0.3 is 0 Å². The van der Waals surface area contributed by atoms with Crippen LogP contribution in [0.25, 0.3) is 16.9 Å². The van der Waals surface area contributed by atoms with Crippen molar-refractivity contribution in [3.8, 4) is 16.9 Å². The van der Waals surface area contributed by atoms with E-state index in [4.69, 9.17) is 16.7 Å². The van der Waals surface area contributed by atoms with Gasteiger partial charge in [0.15, 0.2) is 0 Å². The van der Waals surface area contributed by atoms with E-state index in [1.54, 1.807) is 15.6 Å². The number of halogens is 1. The van der Waals surface area contributed by atoms with Crippen molar-refractivity contribution in [3.05, 3.63) is 65.7 Å². The second-order valence-corrected chi connectivity index (χ2v) is 8.13. The van der Waals surface area contributed by atoms with Gasteiger partial charge in [0.05, 0.1) is 22.9 Å². The van der Waals surface area contributed by atoms with Gasteiger partial charge in [-0.2, -0.15) is 5.10 Å². The van der Waals surface area contributed by atoms with Crippen LogP contribution in [0.15, 0.2) is 60.7 Å². The highest BCUT2D eigenvalue weighted by Gasteiger charge is 2.33. The van der Waals surface area contributed by atoms with Crippen LogP contribution < -0.4 is 5.32 Å². The number of carbonyl (C=O) groups excluding carboxylic acids is 2. The van der Waals surface area contributed by atoms with E-state index in [1.165, 1.54) is 0 Å². The van der Waals surface area contributed by atoms with E-state index >= 15 is 0 Å². The molecule has 1 aliphatic rings. The average molecular weight is 437 g/mol. The summed E-state index contributed by atoms with van der Waals surface area (Å²) in [5, 5.41) is 8.15. The van der Waals surface area contributed by atoms with E-state index in [0.29, 0.717) is 23.1 Å². The molecule has 160 valence electrons. The Hall–Kier alpha value is -3.12. The molecule has 0 spiro atoms. The molecule has 0 atom stereocenters. The topological polar surface area (TPSA) is 67.2 Å². The van der Waals surface area contributed by atoms with Crippen LogP contribution in [0.1, 0.15) is 26.2 Å². The number of carbonyl (C=O) groups is 2. The maximum absolute atomic E-state index is 12.9. The number of nitrogens with one attached hydrogen (secondary N) is 1. The summed E-state index contributed by atoms with van der Waals surface area (Å²) in [6, 6.07) is 18.9. The molecule has 0 bridgehead atoms. The molecule has 0 aliphatic heterocycles. The summed E-state index contributed by atoms with van der Waals surface area (Å²) in [7, 11) is 0. The molecule has 1 aromatic heterocycles. The first-order chi connectivity index (χ1) is 15.1. The number of para-hydroxylation sites is 1. The first-order valence-corrected chi connectivity index (χ1v) is 10.9. The number of anilines is 1. The summed E-state index contributed by atoms with van der Waals surface area (Å²) in [4.78, 5) is 27.1. The molecule has 1 N–H and O–H groups in total. The van der Waals surface area contributed by atoms with Crippen molar-refractivity contribution < 1.29 is 9.59 Å². The lowest BCUT2D eigenvalue weighted by atomic mass is 10.1. The van der Waals surface area contributed by atoms with Gasteiger partial charge in [0.1, 0.15) is 5.82 Å². The molecule has 2 amide bonds. The molecule has 4 rings (SSSR count). The van der Waals surface area contributed by atoms with Crippen LogP contribution in [0, 0.1) is 5.92 Å². The number of hydrogen-bond donors (Lipinski definition) is 1. The fraction of sp³-hybridized carbons (Fsp3) is 0.292. The van der Waals surface area contributed by atoms with Gasteiger partial charge in [-0.3, -0.25) is 9.59 Å². The van der Waals surface area contributed by atoms with Crippen molar-refractivity contribution >= 4 is 29.2 Å². The number of hydrogen-bond acceptors (Lipinski definition) is 3. The molecule has 1 aliphatic carbocycles. The third-order valence-corrected chi connectivity index (χ3v) is 5.51. The normalized spacial score (nSPS) is 13.1. The van der Waals surface area contributed by atoms with E-state index in [9.17, 15) is 9.59 Å². The Morgan fingerprint density at radius 1 is 1.13 bits per heavy atom. The summed E-state index contributed by atoms with van der Waals surface area (Å²) in [6.07, 6.45) is 2.64. The van der Waals surface area contributed by atoms with Gasteiger partial charge in [-0.1, -0.05) is 61.0 Å². The van der Waals surface area contributed by atoms with Gasteiger partial charge in [0, 0.05) is 24.1 Å². The Balaban J connectivity index is 1.61. The lowest BCUT2D eigenvalue weighted by Crippen LogP contribution is -2.39. The van der Waals surface area contributed by atoms with Crippen LogP contribution in [0.5, 0.6) is 0 Å². The smallest absolute Gasteiger partial charge is 0.245 e. The van der Waals surface area contributed by atoms with Crippen molar-refractivity contribution in [2.45, 2.75) is 26.2 Å². The Kier molecular flexibility index (Phi) is 6.37. The minimum atomic E-state index is -0.254. The van der Waals surface area contributed by atoms with Crippen molar-refractivity contribution in [1.82, 2.24) is 14.7 Å². The van der Waals surface area contributed by atoms with E-state index in [-0.39, 0.29) is 24.3 Å². The highest BCUT2D eigenvalue weighted by atomic mass is 35.5. The zero-order valence-corrected chi connectivity index (χ0v) is 18.2. The molecular weight excluding hydrogens is 412 g/mol. The maximum atomic E-state index is 12.9. The van der Waals surface area contributed by atoms with E-state index in [1.807, 2.05) is 61.5 Å². The first-order valence-electron chi connectivity index (χ1n) is 10.6. The van der Waals surface area contributed by atoms with Gasteiger partial charge < -0.3 is 10.2 Å². The molecule has 1 fully saturated rings. The maximum Gasteiger partial charge on any atom is 0.245 e. The second kappa shape index (κ2) is 9.35. The van der Waals surface area contributed by atoms with Crippen molar-refractivity contribution in [3.63, 3.8) is 0 Å². The lowest BCUT2D eigenvalue weighted by molar-refractivity contribution is -0.135. The number of rotatable bonds is 8. The Labute approximate surface area is 186 Å². The minimum absolute atomic E-state index is 0.0253. The summed E-state index contributed by atoms with van der Waals surface area (Å²) in [6.45, 7) is 2.60. The average Bonchev–Trinajstić information content (AvgIpc) is 3.55. The van der Waals surface area contributed by atoms with Gasteiger partial charge in [-0.05, 0) is 31.4 Å². The highest BCUT2D eigenvalue weighted by Crippen LogP contribution is 2.31. The fourth-order valence-corrected chi connectivity index (χ4v) is 3.72. The Morgan fingerprint density at radius 2 is 1.84 bits per heavy atom. The van der Waals surface area contributed by atoms with E-state index in [0.717, 1.165) is 30.5 Å². The van der Waals surface area contributed by atoms with E-state index < -0.39 is 0 Å². The summed E-state index contributed by atoms with van der Waals surface area (Å²) in [5.41, 5.74) is 2.32.